The lowest BCUT2D eigenvalue weighted by atomic mass is 9.94. The van der Waals surface area contributed by atoms with E-state index in [1.807, 2.05) is 33.8 Å². The van der Waals surface area contributed by atoms with Gasteiger partial charge in [-0.15, -0.1) is 0 Å². The van der Waals surface area contributed by atoms with Crippen molar-refractivity contribution in [2.24, 2.45) is 5.41 Å². The van der Waals surface area contributed by atoms with Crippen LogP contribution < -0.4 is 4.72 Å². The van der Waals surface area contributed by atoms with Gasteiger partial charge >= 0.3 is 0 Å². The van der Waals surface area contributed by atoms with Crippen molar-refractivity contribution in [2.75, 3.05) is 17.1 Å². The van der Waals surface area contributed by atoms with E-state index in [9.17, 15) is 8.42 Å². The molecule has 0 atom stereocenters. The Kier molecular flexibility index (Phi) is 5.82. The van der Waals surface area contributed by atoms with Crippen molar-refractivity contribution in [1.29, 1.82) is 0 Å². The van der Waals surface area contributed by atoms with Crippen molar-refractivity contribution in [2.45, 2.75) is 34.1 Å². The van der Waals surface area contributed by atoms with Gasteiger partial charge < -0.3 is 5.11 Å². The maximum Gasteiger partial charge on any atom is 0.232 e. The first-order valence-corrected chi connectivity index (χ1v) is 8.49. The van der Waals surface area contributed by atoms with Crippen LogP contribution in [0.15, 0.2) is 18.2 Å². The topological polar surface area (TPSA) is 66.4 Å². The highest BCUT2D eigenvalue weighted by atomic mass is 32.2. The Bertz CT molecular complexity index is 646. The third-order valence-corrected chi connectivity index (χ3v) is 4.22. The SMILES string of the molecule is Cc1ccc(NS(=O)(=O)CCC(C)(C)C)cc1C#CCO. The van der Waals surface area contributed by atoms with E-state index >= 15 is 0 Å². The summed E-state index contributed by atoms with van der Waals surface area (Å²) >= 11 is 0. The number of aryl methyl sites for hydroxylation is 1. The van der Waals surface area contributed by atoms with Crippen LogP contribution in [0.4, 0.5) is 5.69 Å². The lowest BCUT2D eigenvalue weighted by Gasteiger charge is -2.18. The molecule has 0 saturated heterocycles. The summed E-state index contributed by atoms with van der Waals surface area (Å²) in [6.45, 7) is 7.70. The van der Waals surface area contributed by atoms with Crippen molar-refractivity contribution in [1.82, 2.24) is 0 Å². The Labute approximate surface area is 127 Å². The lowest BCUT2D eigenvalue weighted by Crippen LogP contribution is -2.21. The van der Waals surface area contributed by atoms with Gasteiger partial charge in [-0.3, -0.25) is 4.72 Å². The number of rotatable bonds is 4. The third kappa shape index (κ3) is 6.65. The Morgan fingerprint density at radius 3 is 2.52 bits per heavy atom. The maximum atomic E-state index is 12.1. The van der Waals surface area contributed by atoms with E-state index < -0.39 is 10.0 Å². The second kappa shape index (κ2) is 6.97. The van der Waals surface area contributed by atoms with Crippen LogP contribution in [-0.2, 0) is 10.0 Å². The van der Waals surface area contributed by atoms with E-state index in [0.29, 0.717) is 17.7 Å². The highest BCUT2D eigenvalue weighted by molar-refractivity contribution is 7.92. The van der Waals surface area contributed by atoms with Gasteiger partial charge in [0.1, 0.15) is 6.61 Å². The molecular weight excluding hydrogens is 286 g/mol. The molecule has 0 fully saturated rings. The van der Waals surface area contributed by atoms with Crippen molar-refractivity contribution in [3.05, 3.63) is 29.3 Å². The molecule has 0 aliphatic rings. The van der Waals surface area contributed by atoms with Crippen molar-refractivity contribution in [3.8, 4) is 11.8 Å². The van der Waals surface area contributed by atoms with Gasteiger partial charge in [0.2, 0.25) is 10.0 Å². The zero-order valence-corrected chi connectivity index (χ0v) is 13.8. The van der Waals surface area contributed by atoms with Crippen molar-refractivity contribution >= 4 is 15.7 Å². The Hall–Kier alpha value is -1.51. The van der Waals surface area contributed by atoms with Crippen LogP contribution in [0.5, 0.6) is 0 Å². The predicted octanol–water partition coefficient (Wildman–Crippen LogP) is 2.52. The monoisotopic (exact) mass is 309 g/mol. The number of aliphatic hydroxyl groups is 1. The number of hydrogen-bond acceptors (Lipinski definition) is 3. The standard InChI is InChI=1S/C16H23NO3S/c1-13-7-8-15(12-14(13)6-5-10-18)17-21(19,20)11-9-16(2,3)4/h7-8,12,17-18H,9-11H2,1-4H3. The summed E-state index contributed by atoms with van der Waals surface area (Å²) in [6.07, 6.45) is 0.589. The molecule has 5 heteroatoms. The van der Waals surface area contributed by atoms with Crippen LogP contribution >= 0.6 is 0 Å². The molecule has 0 saturated carbocycles. The van der Waals surface area contributed by atoms with Gasteiger partial charge in [-0.2, -0.15) is 0 Å². The number of aliphatic hydroxyl groups excluding tert-OH is 1. The fraction of sp³-hybridized carbons (Fsp3) is 0.500. The van der Waals surface area contributed by atoms with Crippen molar-refractivity contribution < 1.29 is 13.5 Å². The first kappa shape index (κ1) is 17.5. The van der Waals surface area contributed by atoms with E-state index in [1.165, 1.54) is 0 Å². The predicted molar refractivity (Wildman–Crippen MR) is 86.6 cm³/mol. The normalized spacial score (nSPS) is 11.7. The summed E-state index contributed by atoms with van der Waals surface area (Å²) < 4.78 is 26.7. The van der Waals surface area contributed by atoms with Gasteiger partial charge in [-0.25, -0.2) is 8.42 Å². The van der Waals surface area contributed by atoms with Crippen LogP contribution in [0, 0.1) is 24.2 Å². The summed E-state index contributed by atoms with van der Waals surface area (Å²) in [5, 5.41) is 8.74. The third-order valence-electron chi connectivity index (χ3n) is 2.93. The lowest BCUT2D eigenvalue weighted by molar-refractivity contribution is 0.350. The number of nitrogens with one attached hydrogen (secondary N) is 1. The molecule has 0 aromatic heterocycles. The van der Waals surface area contributed by atoms with Gasteiger partial charge in [0, 0.05) is 11.3 Å². The van der Waals surface area contributed by atoms with Crippen LogP contribution in [0.2, 0.25) is 0 Å². The largest absolute Gasteiger partial charge is 0.384 e. The molecule has 0 aliphatic heterocycles. The highest BCUT2D eigenvalue weighted by Gasteiger charge is 2.17. The van der Waals surface area contributed by atoms with E-state index in [0.717, 1.165) is 5.56 Å². The smallest absolute Gasteiger partial charge is 0.232 e. The van der Waals surface area contributed by atoms with Crippen LogP contribution in [0.25, 0.3) is 0 Å². The van der Waals surface area contributed by atoms with Crippen LogP contribution in [0.1, 0.15) is 38.3 Å². The van der Waals surface area contributed by atoms with Gasteiger partial charge in [-0.05, 0) is 36.5 Å². The van der Waals surface area contributed by atoms with Gasteiger partial charge in [0.25, 0.3) is 0 Å². The Balaban J connectivity index is 2.88. The van der Waals surface area contributed by atoms with Gasteiger partial charge in [-0.1, -0.05) is 38.7 Å². The Morgan fingerprint density at radius 1 is 1.29 bits per heavy atom. The number of sulfonamides is 1. The molecule has 0 heterocycles. The molecule has 1 rings (SSSR count). The molecule has 2 N–H and O–H groups in total. The minimum Gasteiger partial charge on any atom is -0.384 e. The van der Waals surface area contributed by atoms with E-state index in [1.54, 1.807) is 12.1 Å². The van der Waals surface area contributed by atoms with E-state index in [2.05, 4.69) is 16.6 Å². The highest BCUT2D eigenvalue weighted by Crippen LogP contribution is 2.21. The molecule has 4 nitrogen and oxygen atoms in total. The number of hydrogen-bond donors (Lipinski definition) is 2. The average molecular weight is 309 g/mol. The molecule has 21 heavy (non-hydrogen) atoms. The van der Waals surface area contributed by atoms with Crippen LogP contribution in [0.3, 0.4) is 0 Å². The first-order valence-electron chi connectivity index (χ1n) is 6.84. The first-order chi connectivity index (χ1) is 9.63. The molecule has 116 valence electrons. The summed E-state index contributed by atoms with van der Waals surface area (Å²) in [7, 11) is -3.37. The van der Waals surface area contributed by atoms with E-state index in [-0.39, 0.29) is 17.8 Å². The van der Waals surface area contributed by atoms with Crippen molar-refractivity contribution in [3.63, 3.8) is 0 Å². The second-order valence-electron chi connectivity index (χ2n) is 6.22. The fourth-order valence-electron chi connectivity index (χ4n) is 1.63. The minimum atomic E-state index is -3.37. The summed E-state index contributed by atoms with van der Waals surface area (Å²) in [6, 6.07) is 5.21. The zero-order chi connectivity index (χ0) is 16.1. The average Bonchev–Trinajstić information content (AvgIpc) is 2.36. The molecule has 0 amide bonds. The fourth-order valence-corrected chi connectivity index (χ4v) is 3.10. The molecule has 0 unspecified atom stereocenters. The van der Waals surface area contributed by atoms with Gasteiger partial charge in [0.15, 0.2) is 0 Å². The molecule has 1 aromatic carbocycles. The number of anilines is 1. The molecule has 1 aromatic rings. The summed E-state index contributed by atoms with van der Waals surface area (Å²) in [4.78, 5) is 0. The molecular formula is C16H23NO3S. The minimum absolute atomic E-state index is 0.0280. The molecule has 0 spiro atoms. The van der Waals surface area contributed by atoms with E-state index in [4.69, 9.17) is 5.11 Å². The maximum absolute atomic E-state index is 12.1. The second-order valence-corrected chi connectivity index (χ2v) is 8.06. The molecule has 0 radical (unpaired) electrons. The summed E-state index contributed by atoms with van der Waals surface area (Å²) in [5.41, 5.74) is 2.12. The van der Waals surface area contributed by atoms with Crippen LogP contribution in [-0.4, -0.2) is 25.9 Å². The quantitative estimate of drug-likeness (QED) is 0.840. The number of benzene rings is 1. The molecule has 0 bridgehead atoms. The zero-order valence-electron chi connectivity index (χ0n) is 13.0. The summed E-state index contributed by atoms with van der Waals surface area (Å²) in [5.74, 6) is 5.46. The Morgan fingerprint density at radius 2 is 1.95 bits per heavy atom. The molecule has 0 aliphatic carbocycles. The van der Waals surface area contributed by atoms with Gasteiger partial charge in [0.05, 0.1) is 5.75 Å².